The molecule has 2 atom stereocenters. The topological polar surface area (TPSA) is 63.2 Å². The van der Waals surface area contributed by atoms with Gasteiger partial charge >= 0.3 is 0 Å². The highest BCUT2D eigenvalue weighted by molar-refractivity contribution is 6.32. The van der Waals surface area contributed by atoms with Crippen molar-refractivity contribution < 1.29 is 28.5 Å². The molecule has 3 aliphatic heterocycles. The number of ketones is 1. The molecule has 4 rings (SSSR count). The van der Waals surface area contributed by atoms with Crippen molar-refractivity contribution in [1.82, 2.24) is 0 Å². The lowest BCUT2D eigenvalue weighted by Gasteiger charge is -2.45. The minimum absolute atomic E-state index is 0.0387. The number of hydrogen-bond acceptors (Lipinski definition) is 6. The van der Waals surface area contributed by atoms with Crippen LogP contribution in [0.5, 0.6) is 11.5 Å². The molecular weight excluding hydrogens is 348 g/mol. The minimum atomic E-state index is -0.189. The van der Waals surface area contributed by atoms with E-state index in [1.165, 1.54) is 0 Å². The van der Waals surface area contributed by atoms with Gasteiger partial charge in [-0.05, 0) is 6.07 Å². The van der Waals surface area contributed by atoms with Crippen molar-refractivity contribution in [3.63, 3.8) is 0 Å². The smallest absolute Gasteiger partial charge is 0.170 e. The summed E-state index contributed by atoms with van der Waals surface area (Å²) in [6.45, 7) is 5.29. The molecule has 0 radical (unpaired) electrons. The van der Waals surface area contributed by atoms with Crippen LogP contribution in [0.15, 0.2) is 12.1 Å². The first kappa shape index (κ1) is 17.1. The van der Waals surface area contributed by atoms with Crippen molar-refractivity contribution >= 4 is 17.4 Å². The molecule has 0 N–H and O–H groups in total. The first-order valence-corrected chi connectivity index (χ1v) is 8.86. The van der Waals surface area contributed by atoms with Crippen LogP contribution in [0, 0.1) is 5.41 Å². The van der Waals surface area contributed by atoms with Crippen LogP contribution in [-0.4, -0.2) is 57.6 Å². The van der Waals surface area contributed by atoms with E-state index in [0.29, 0.717) is 68.1 Å². The zero-order valence-corrected chi connectivity index (χ0v) is 14.8. The third-order valence-electron chi connectivity index (χ3n) is 4.93. The Hall–Kier alpha value is -1.34. The Balaban J connectivity index is 1.50. The fourth-order valence-corrected chi connectivity index (χ4v) is 3.47. The molecule has 0 aromatic heterocycles. The summed E-state index contributed by atoms with van der Waals surface area (Å²) in [6.07, 6.45) is 0.0314. The predicted octanol–water partition coefficient (Wildman–Crippen LogP) is 2.50. The lowest BCUT2D eigenvalue weighted by Crippen LogP contribution is -2.53. The van der Waals surface area contributed by atoms with E-state index in [4.69, 9.17) is 35.3 Å². The van der Waals surface area contributed by atoms with Crippen LogP contribution >= 0.6 is 11.6 Å². The van der Waals surface area contributed by atoms with Crippen LogP contribution in [0.2, 0.25) is 5.02 Å². The summed E-state index contributed by atoms with van der Waals surface area (Å²) in [7, 11) is 0. The van der Waals surface area contributed by atoms with Gasteiger partial charge in [0.25, 0.3) is 0 Å². The highest BCUT2D eigenvalue weighted by Gasteiger charge is 2.46. The summed E-state index contributed by atoms with van der Waals surface area (Å²) in [5.74, 6) is 1.05. The van der Waals surface area contributed by atoms with Gasteiger partial charge in [0.05, 0.1) is 49.0 Å². The van der Waals surface area contributed by atoms with Crippen molar-refractivity contribution in [2.24, 2.45) is 5.41 Å². The Morgan fingerprint density at radius 3 is 2.80 bits per heavy atom. The molecule has 1 aromatic rings. The van der Waals surface area contributed by atoms with E-state index < -0.39 is 0 Å². The van der Waals surface area contributed by atoms with E-state index in [9.17, 15) is 4.79 Å². The molecule has 3 aliphatic rings. The van der Waals surface area contributed by atoms with E-state index >= 15 is 0 Å². The molecule has 0 spiro atoms. The third-order valence-corrected chi connectivity index (χ3v) is 5.22. The number of Topliss-reactive ketones (excluding diaryl/α,β-unsaturated/α-hetero) is 1. The summed E-state index contributed by atoms with van der Waals surface area (Å²) >= 11 is 6.28. The molecular formula is C18H21ClO6. The van der Waals surface area contributed by atoms with E-state index in [2.05, 4.69) is 6.92 Å². The van der Waals surface area contributed by atoms with Gasteiger partial charge < -0.3 is 23.7 Å². The zero-order valence-electron chi connectivity index (χ0n) is 14.1. The molecule has 2 fully saturated rings. The highest BCUT2D eigenvalue weighted by Crippen LogP contribution is 2.42. The van der Waals surface area contributed by atoms with Crippen molar-refractivity contribution in [3.8, 4) is 11.5 Å². The average molecular weight is 369 g/mol. The molecule has 0 saturated carbocycles. The first-order chi connectivity index (χ1) is 12.0. The van der Waals surface area contributed by atoms with Gasteiger partial charge in [0, 0.05) is 12.5 Å². The van der Waals surface area contributed by atoms with Gasteiger partial charge in [-0.3, -0.25) is 4.79 Å². The van der Waals surface area contributed by atoms with Gasteiger partial charge in [0.2, 0.25) is 0 Å². The van der Waals surface area contributed by atoms with Crippen molar-refractivity contribution in [2.75, 3.05) is 39.6 Å². The van der Waals surface area contributed by atoms with Gasteiger partial charge in [0.15, 0.2) is 5.78 Å². The number of hydrogen-bond donors (Lipinski definition) is 0. The molecule has 136 valence electrons. The fourth-order valence-electron chi connectivity index (χ4n) is 3.25. The second-order valence-electron chi connectivity index (χ2n) is 7.04. The van der Waals surface area contributed by atoms with Gasteiger partial charge in [-0.1, -0.05) is 18.5 Å². The molecule has 0 aliphatic carbocycles. The maximum Gasteiger partial charge on any atom is 0.170 e. The normalized spacial score (nSPS) is 27.8. The maximum absolute atomic E-state index is 12.5. The number of benzene rings is 1. The number of rotatable bonds is 4. The number of ether oxygens (including phenoxy) is 5. The van der Waals surface area contributed by atoms with Crippen LogP contribution in [0.3, 0.4) is 0 Å². The quantitative estimate of drug-likeness (QED) is 0.813. The monoisotopic (exact) mass is 368 g/mol. The summed E-state index contributed by atoms with van der Waals surface area (Å²) in [4.78, 5) is 12.5. The Morgan fingerprint density at radius 1 is 1.28 bits per heavy atom. The van der Waals surface area contributed by atoms with Crippen molar-refractivity contribution in [3.05, 3.63) is 22.7 Å². The van der Waals surface area contributed by atoms with Crippen LogP contribution in [-0.2, 0) is 14.2 Å². The number of carbonyl (C=O) groups excluding carboxylic acids is 1. The van der Waals surface area contributed by atoms with Gasteiger partial charge in [-0.2, -0.15) is 0 Å². The number of fused-ring (bicyclic) bond motifs is 1. The summed E-state index contributed by atoms with van der Waals surface area (Å²) < 4.78 is 28.1. The van der Waals surface area contributed by atoms with Crippen molar-refractivity contribution in [1.29, 1.82) is 0 Å². The summed E-state index contributed by atoms with van der Waals surface area (Å²) in [5.41, 5.74) is 0.385. The van der Waals surface area contributed by atoms with Crippen LogP contribution in [0.25, 0.3) is 0 Å². The zero-order chi connectivity index (χ0) is 17.4. The lowest BCUT2D eigenvalue weighted by atomic mass is 9.78. The maximum atomic E-state index is 12.5. The average Bonchev–Trinajstić information content (AvgIpc) is 2.59. The van der Waals surface area contributed by atoms with E-state index in [-0.39, 0.29) is 23.4 Å². The summed E-state index contributed by atoms with van der Waals surface area (Å²) in [5, 5.41) is 0.393. The highest BCUT2D eigenvalue weighted by atomic mass is 35.5. The van der Waals surface area contributed by atoms with Crippen molar-refractivity contribution in [2.45, 2.75) is 25.6 Å². The molecule has 25 heavy (non-hydrogen) atoms. The van der Waals surface area contributed by atoms with Gasteiger partial charge in [-0.25, -0.2) is 0 Å². The van der Waals surface area contributed by atoms with Crippen LogP contribution in [0.1, 0.15) is 23.7 Å². The lowest BCUT2D eigenvalue weighted by molar-refractivity contribution is -0.153. The second-order valence-corrected chi connectivity index (χ2v) is 7.45. The molecule has 1 unspecified atom stereocenters. The molecule has 0 amide bonds. The van der Waals surface area contributed by atoms with E-state index in [0.717, 1.165) is 0 Å². The van der Waals surface area contributed by atoms with Gasteiger partial charge in [-0.15, -0.1) is 0 Å². The molecule has 0 bridgehead atoms. The SMILES string of the molecule is CC1(C2CC(=O)c3cc(Cl)c(OC[C@H]4COCCO4)cc3O2)COC1. The van der Waals surface area contributed by atoms with Gasteiger partial charge in [0.1, 0.15) is 30.3 Å². The Kier molecular flexibility index (Phi) is 4.62. The molecule has 6 nitrogen and oxygen atoms in total. The van der Waals surface area contributed by atoms with Crippen LogP contribution < -0.4 is 9.47 Å². The predicted molar refractivity (Wildman–Crippen MR) is 89.8 cm³/mol. The standard InChI is InChI=1S/C18H21ClO6/c1-18(9-22-10-18)17-5-14(20)12-4-13(19)16(6-15(12)25-17)24-8-11-7-21-2-3-23-11/h4,6,11,17H,2-3,5,7-10H2,1H3/t11-,17?/m1/s1. The summed E-state index contributed by atoms with van der Waals surface area (Å²) in [6, 6.07) is 3.33. The Bertz CT molecular complexity index is 666. The largest absolute Gasteiger partial charge is 0.489 e. The molecule has 7 heteroatoms. The Morgan fingerprint density at radius 2 is 2.12 bits per heavy atom. The molecule has 2 saturated heterocycles. The second kappa shape index (κ2) is 6.76. The Labute approximate surface area is 151 Å². The fraction of sp³-hybridized carbons (Fsp3) is 0.611. The third kappa shape index (κ3) is 3.36. The minimum Gasteiger partial charge on any atom is -0.489 e. The number of halogens is 1. The van der Waals surface area contributed by atoms with E-state index in [1.807, 2.05) is 0 Å². The van der Waals surface area contributed by atoms with Crippen LogP contribution in [0.4, 0.5) is 0 Å². The number of carbonyl (C=O) groups is 1. The first-order valence-electron chi connectivity index (χ1n) is 8.48. The molecule has 3 heterocycles. The van der Waals surface area contributed by atoms with E-state index in [1.54, 1.807) is 12.1 Å². The molecule has 1 aromatic carbocycles.